The van der Waals surface area contributed by atoms with E-state index >= 15 is 0 Å². The van der Waals surface area contributed by atoms with E-state index in [9.17, 15) is 0 Å². The summed E-state index contributed by atoms with van der Waals surface area (Å²) in [7, 11) is 0. The van der Waals surface area contributed by atoms with Gasteiger partial charge in [-0.2, -0.15) is 0 Å². The van der Waals surface area contributed by atoms with E-state index in [1.807, 2.05) is 24.3 Å². The van der Waals surface area contributed by atoms with Crippen molar-refractivity contribution in [3.8, 4) is 0 Å². The minimum Gasteiger partial charge on any atom is -0.311 e. The zero-order chi connectivity index (χ0) is 24.1. The van der Waals surface area contributed by atoms with Gasteiger partial charge in [-0.1, -0.05) is 69.7 Å². The van der Waals surface area contributed by atoms with Gasteiger partial charge in [0.05, 0.1) is 0 Å². The van der Waals surface area contributed by atoms with Crippen LogP contribution in [0.4, 0.5) is 11.4 Å². The Morgan fingerprint density at radius 1 is 0.879 bits per heavy atom. The molecule has 1 aromatic rings. The first kappa shape index (κ1) is 25.5. The topological polar surface area (TPSA) is 6.48 Å². The molecule has 0 spiro atoms. The summed E-state index contributed by atoms with van der Waals surface area (Å²) in [4.78, 5) is 4.40. The number of hydrogen-bond donors (Lipinski definition) is 0. The molecule has 1 aromatic carbocycles. The Labute approximate surface area is 200 Å². The molecular formula is C31H36N2. The zero-order valence-electron chi connectivity index (χ0n) is 20.1. The van der Waals surface area contributed by atoms with Crippen LogP contribution in [0.2, 0.25) is 0 Å². The summed E-state index contributed by atoms with van der Waals surface area (Å²) in [5.41, 5.74) is 6.27. The first-order valence-electron chi connectivity index (χ1n) is 11.4. The largest absolute Gasteiger partial charge is 0.311 e. The van der Waals surface area contributed by atoms with E-state index in [-0.39, 0.29) is 0 Å². The normalized spacial score (nSPS) is 14.6. The van der Waals surface area contributed by atoms with Crippen LogP contribution in [0.3, 0.4) is 0 Å². The number of anilines is 2. The maximum absolute atomic E-state index is 3.99. The van der Waals surface area contributed by atoms with Crippen molar-refractivity contribution >= 4 is 11.4 Å². The van der Waals surface area contributed by atoms with E-state index < -0.39 is 0 Å². The van der Waals surface area contributed by atoms with Crippen LogP contribution in [-0.4, -0.2) is 0 Å². The summed E-state index contributed by atoms with van der Waals surface area (Å²) in [6, 6.07) is 8.55. The fraction of sp³-hybridized carbons (Fsp3) is 0.161. The molecule has 0 radical (unpaired) electrons. The van der Waals surface area contributed by atoms with Crippen molar-refractivity contribution in [3.05, 3.63) is 146 Å². The zero-order valence-corrected chi connectivity index (χ0v) is 20.1. The molecule has 0 aromatic heterocycles. The van der Waals surface area contributed by atoms with Crippen LogP contribution in [0.1, 0.15) is 33.1 Å². The van der Waals surface area contributed by atoms with Gasteiger partial charge in [0.15, 0.2) is 0 Å². The molecule has 0 N–H and O–H groups in total. The quantitative estimate of drug-likeness (QED) is 0.302. The summed E-state index contributed by atoms with van der Waals surface area (Å²) in [6.07, 6.45) is 27.4. The summed E-state index contributed by atoms with van der Waals surface area (Å²) in [6.45, 7) is 19.9. The molecule has 1 aliphatic rings. The lowest BCUT2D eigenvalue weighted by molar-refractivity contribution is 0.982. The van der Waals surface area contributed by atoms with Crippen molar-refractivity contribution < 1.29 is 0 Å². The number of nitrogens with zero attached hydrogens (tertiary/aromatic N) is 2. The molecule has 0 bridgehead atoms. The van der Waals surface area contributed by atoms with Crippen LogP contribution in [0.5, 0.6) is 0 Å². The van der Waals surface area contributed by atoms with Gasteiger partial charge in [-0.25, -0.2) is 0 Å². The molecule has 0 saturated heterocycles. The highest BCUT2D eigenvalue weighted by Gasteiger charge is 2.17. The van der Waals surface area contributed by atoms with Crippen molar-refractivity contribution in [1.82, 2.24) is 0 Å². The fourth-order valence-corrected chi connectivity index (χ4v) is 3.73. The minimum atomic E-state index is 0.904. The molecular weight excluding hydrogens is 400 g/mol. The van der Waals surface area contributed by atoms with Gasteiger partial charge in [-0.3, -0.25) is 0 Å². The standard InChI is InChI=1S/C31H36N2/c1-7-16-26(11-5)32(27(12-6)17-8-2)30-22-24-31(25-23-30)33(28(18-9-3)19-10-4)29-20-14-13-15-21-29/h7-9,11-12,14,16-25H,1-2,5-6,10,13,15H2,3-4H3/b18-9-,26-16+,27-17+,28-19+. The Balaban J connectivity index is 2.61. The molecule has 1 aliphatic carbocycles. The number of allylic oxidation sites excluding steroid dienone is 12. The average Bonchev–Trinajstić information content (AvgIpc) is 2.85. The average molecular weight is 437 g/mol. The Morgan fingerprint density at radius 3 is 1.94 bits per heavy atom. The molecule has 0 amide bonds. The van der Waals surface area contributed by atoms with Gasteiger partial charge < -0.3 is 9.80 Å². The lowest BCUT2D eigenvalue weighted by atomic mass is 10.1. The SMILES string of the molecule is C=C/C=C(\C=C)N(/C(C=C)=C/C=C)c1ccc(N(C2=CCCC=C2)C(/C=C\C)=C/CC)cc1. The van der Waals surface area contributed by atoms with E-state index in [0.29, 0.717) is 0 Å². The predicted molar refractivity (Wildman–Crippen MR) is 148 cm³/mol. The third-order valence-electron chi connectivity index (χ3n) is 5.12. The smallest absolute Gasteiger partial charge is 0.0463 e. The Morgan fingerprint density at radius 2 is 1.48 bits per heavy atom. The lowest BCUT2D eigenvalue weighted by Crippen LogP contribution is -2.22. The highest BCUT2D eigenvalue weighted by atomic mass is 15.2. The molecule has 170 valence electrons. The van der Waals surface area contributed by atoms with Crippen molar-refractivity contribution in [2.75, 3.05) is 9.80 Å². The fourth-order valence-electron chi connectivity index (χ4n) is 3.73. The number of benzene rings is 1. The molecule has 0 heterocycles. The maximum atomic E-state index is 3.99. The van der Waals surface area contributed by atoms with Gasteiger partial charge in [0.2, 0.25) is 0 Å². The molecule has 33 heavy (non-hydrogen) atoms. The van der Waals surface area contributed by atoms with E-state index in [4.69, 9.17) is 0 Å². The predicted octanol–water partition coefficient (Wildman–Crippen LogP) is 8.92. The minimum absolute atomic E-state index is 0.904. The van der Waals surface area contributed by atoms with Gasteiger partial charge in [0, 0.05) is 34.2 Å². The maximum Gasteiger partial charge on any atom is 0.0463 e. The van der Waals surface area contributed by atoms with E-state index in [1.165, 1.54) is 11.4 Å². The van der Waals surface area contributed by atoms with Crippen LogP contribution in [0.25, 0.3) is 0 Å². The lowest BCUT2D eigenvalue weighted by Gasteiger charge is -2.30. The molecule has 0 unspecified atom stereocenters. The third-order valence-corrected chi connectivity index (χ3v) is 5.12. The number of rotatable bonds is 12. The van der Waals surface area contributed by atoms with Gasteiger partial charge in [-0.15, -0.1) is 0 Å². The van der Waals surface area contributed by atoms with Crippen molar-refractivity contribution in [2.45, 2.75) is 33.1 Å². The summed E-state index contributed by atoms with van der Waals surface area (Å²) in [5.74, 6) is 0. The van der Waals surface area contributed by atoms with E-state index in [0.717, 1.165) is 42.0 Å². The van der Waals surface area contributed by atoms with Gasteiger partial charge in [0.1, 0.15) is 0 Å². The highest BCUT2D eigenvalue weighted by Crippen LogP contribution is 2.32. The molecule has 2 nitrogen and oxygen atoms in total. The summed E-state index contributed by atoms with van der Waals surface area (Å²) >= 11 is 0. The molecule has 0 aliphatic heterocycles. The first-order valence-corrected chi connectivity index (χ1v) is 11.4. The van der Waals surface area contributed by atoms with Crippen LogP contribution in [0.15, 0.2) is 146 Å². The Bertz CT molecular complexity index is 993. The van der Waals surface area contributed by atoms with Crippen molar-refractivity contribution in [1.29, 1.82) is 0 Å². The first-order chi connectivity index (χ1) is 16.1. The van der Waals surface area contributed by atoms with Gasteiger partial charge >= 0.3 is 0 Å². The van der Waals surface area contributed by atoms with Crippen LogP contribution in [-0.2, 0) is 0 Å². The molecule has 2 rings (SSSR count). The summed E-state index contributed by atoms with van der Waals surface area (Å²) < 4.78 is 0. The second-order valence-electron chi connectivity index (χ2n) is 7.40. The highest BCUT2D eigenvalue weighted by molar-refractivity contribution is 5.69. The van der Waals surface area contributed by atoms with Gasteiger partial charge in [0.25, 0.3) is 0 Å². The molecule has 0 saturated carbocycles. The van der Waals surface area contributed by atoms with Crippen LogP contribution in [0, 0.1) is 0 Å². The van der Waals surface area contributed by atoms with Crippen LogP contribution < -0.4 is 9.80 Å². The van der Waals surface area contributed by atoms with Crippen molar-refractivity contribution in [2.24, 2.45) is 0 Å². The molecule has 2 heteroatoms. The second-order valence-corrected chi connectivity index (χ2v) is 7.40. The van der Waals surface area contributed by atoms with Crippen LogP contribution >= 0.6 is 0 Å². The Hall–Kier alpha value is -3.78. The summed E-state index contributed by atoms with van der Waals surface area (Å²) in [5, 5.41) is 0. The molecule has 0 atom stereocenters. The number of hydrogen-bond acceptors (Lipinski definition) is 2. The Kier molecular flexibility index (Phi) is 10.5. The van der Waals surface area contributed by atoms with E-state index in [1.54, 1.807) is 12.2 Å². The van der Waals surface area contributed by atoms with E-state index in [2.05, 4.69) is 111 Å². The van der Waals surface area contributed by atoms with Gasteiger partial charge in [-0.05, 0) is 86.9 Å². The van der Waals surface area contributed by atoms with Crippen molar-refractivity contribution in [3.63, 3.8) is 0 Å². The second kappa shape index (κ2) is 13.6. The molecule has 0 fully saturated rings. The monoisotopic (exact) mass is 436 g/mol. The third kappa shape index (κ3) is 6.60.